The Morgan fingerprint density at radius 2 is 2.20 bits per heavy atom. The summed E-state index contributed by atoms with van der Waals surface area (Å²) in [6, 6.07) is 8.18. The Labute approximate surface area is 88.1 Å². The third-order valence-corrected chi connectivity index (χ3v) is 2.66. The summed E-state index contributed by atoms with van der Waals surface area (Å²) >= 11 is 0. The number of ether oxygens (including phenoxy) is 1. The molecule has 3 rings (SSSR count). The lowest BCUT2D eigenvalue weighted by Crippen LogP contribution is -2.05. The Balaban J connectivity index is 2.27. The molecular weight excluding hydrogens is 188 g/mol. The lowest BCUT2D eigenvalue weighted by molar-refractivity contribution is 0.134. The van der Waals surface area contributed by atoms with Gasteiger partial charge in [-0.15, -0.1) is 0 Å². The Morgan fingerprint density at radius 1 is 1.27 bits per heavy atom. The maximum absolute atomic E-state index is 5.47. The van der Waals surface area contributed by atoms with Crippen LogP contribution in [0.4, 0.5) is 5.69 Å². The number of nitrogens with one attached hydrogen (secondary N) is 1. The van der Waals surface area contributed by atoms with Crippen molar-refractivity contribution >= 4 is 16.6 Å². The Kier molecular flexibility index (Phi) is 2.03. The minimum atomic E-state index is 0.653. The molecule has 0 amide bonds. The fourth-order valence-electron chi connectivity index (χ4n) is 1.93. The zero-order valence-electron chi connectivity index (χ0n) is 8.36. The molecule has 1 aliphatic heterocycles. The van der Waals surface area contributed by atoms with E-state index in [1.165, 1.54) is 11.1 Å². The van der Waals surface area contributed by atoms with Crippen molar-refractivity contribution < 1.29 is 4.74 Å². The smallest absolute Gasteiger partial charge is 0.0753 e. The van der Waals surface area contributed by atoms with Gasteiger partial charge in [0.25, 0.3) is 0 Å². The van der Waals surface area contributed by atoms with Crippen LogP contribution in [0.15, 0.2) is 30.5 Å². The van der Waals surface area contributed by atoms with Crippen molar-refractivity contribution in [2.24, 2.45) is 0 Å². The molecule has 0 unspecified atom stereocenters. The van der Waals surface area contributed by atoms with Crippen molar-refractivity contribution in [3.05, 3.63) is 36.0 Å². The Hall–Kier alpha value is -1.61. The van der Waals surface area contributed by atoms with Gasteiger partial charge in [0.05, 0.1) is 24.4 Å². The summed E-state index contributed by atoms with van der Waals surface area (Å²) in [4.78, 5) is 4.42. The third-order valence-electron chi connectivity index (χ3n) is 2.66. The maximum Gasteiger partial charge on any atom is 0.0753 e. The summed E-state index contributed by atoms with van der Waals surface area (Å²) < 4.78 is 5.47. The number of anilines is 1. The number of hydrogen-bond acceptors (Lipinski definition) is 3. The first-order valence-electron chi connectivity index (χ1n) is 5.13. The van der Waals surface area contributed by atoms with Gasteiger partial charge in [0, 0.05) is 23.7 Å². The molecule has 1 aliphatic rings. The van der Waals surface area contributed by atoms with E-state index in [0.29, 0.717) is 6.61 Å². The minimum absolute atomic E-state index is 0.653. The molecule has 1 N–H and O–H groups in total. The molecule has 0 saturated heterocycles. The minimum Gasteiger partial charge on any atom is -0.382 e. The largest absolute Gasteiger partial charge is 0.382 e. The summed E-state index contributed by atoms with van der Waals surface area (Å²) in [6.07, 6.45) is 1.90. The first-order chi connectivity index (χ1) is 7.45. The molecule has 15 heavy (non-hydrogen) atoms. The average molecular weight is 200 g/mol. The summed E-state index contributed by atoms with van der Waals surface area (Å²) in [7, 11) is 0. The molecule has 1 aromatic heterocycles. The number of aromatic nitrogens is 1. The predicted octanol–water partition coefficient (Wildman–Crippen LogP) is 2.18. The summed E-state index contributed by atoms with van der Waals surface area (Å²) in [5, 5.41) is 4.58. The average Bonchev–Trinajstić information content (AvgIpc) is 2.54. The summed E-state index contributed by atoms with van der Waals surface area (Å²) in [5.41, 5.74) is 3.36. The highest BCUT2D eigenvalue weighted by Crippen LogP contribution is 2.27. The van der Waals surface area contributed by atoms with Gasteiger partial charge in [0.1, 0.15) is 0 Å². The van der Waals surface area contributed by atoms with Gasteiger partial charge in [-0.1, -0.05) is 18.2 Å². The van der Waals surface area contributed by atoms with E-state index in [-0.39, 0.29) is 0 Å². The van der Waals surface area contributed by atoms with Crippen LogP contribution in [0.2, 0.25) is 0 Å². The normalized spacial score (nSPS) is 15.5. The van der Waals surface area contributed by atoms with Gasteiger partial charge >= 0.3 is 0 Å². The van der Waals surface area contributed by atoms with E-state index in [4.69, 9.17) is 4.74 Å². The van der Waals surface area contributed by atoms with Gasteiger partial charge in [-0.05, 0) is 6.07 Å². The Morgan fingerprint density at radius 3 is 3.20 bits per heavy atom. The zero-order valence-corrected chi connectivity index (χ0v) is 8.36. The van der Waals surface area contributed by atoms with Gasteiger partial charge in [-0.3, -0.25) is 4.98 Å². The predicted molar refractivity (Wildman–Crippen MR) is 59.9 cm³/mol. The number of pyridine rings is 1. The van der Waals surface area contributed by atoms with Gasteiger partial charge in [-0.25, -0.2) is 0 Å². The molecule has 0 fully saturated rings. The SMILES string of the molecule is c1ccc2c3c(cnc2c1)COCCN3. The van der Waals surface area contributed by atoms with E-state index in [2.05, 4.69) is 16.4 Å². The second-order valence-corrected chi connectivity index (χ2v) is 3.65. The number of benzene rings is 1. The van der Waals surface area contributed by atoms with Gasteiger partial charge in [-0.2, -0.15) is 0 Å². The quantitative estimate of drug-likeness (QED) is 0.707. The highest BCUT2D eigenvalue weighted by Gasteiger charge is 2.10. The number of fused-ring (bicyclic) bond motifs is 3. The molecule has 2 heterocycles. The van der Waals surface area contributed by atoms with Gasteiger partial charge < -0.3 is 10.1 Å². The molecule has 1 aromatic carbocycles. The number of nitrogens with zero attached hydrogens (tertiary/aromatic N) is 1. The molecule has 0 saturated carbocycles. The summed E-state index contributed by atoms with van der Waals surface area (Å²) in [6.45, 7) is 2.27. The van der Waals surface area contributed by atoms with E-state index in [1.807, 2.05) is 24.4 Å². The van der Waals surface area contributed by atoms with Crippen LogP contribution in [0.1, 0.15) is 5.56 Å². The molecule has 3 heteroatoms. The summed E-state index contributed by atoms with van der Waals surface area (Å²) in [5.74, 6) is 0. The van der Waals surface area contributed by atoms with Crippen LogP contribution in [-0.2, 0) is 11.3 Å². The van der Waals surface area contributed by atoms with Crippen LogP contribution in [-0.4, -0.2) is 18.1 Å². The van der Waals surface area contributed by atoms with Crippen LogP contribution in [0.5, 0.6) is 0 Å². The third kappa shape index (κ3) is 1.45. The second-order valence-electron chi connectivity index (χ2n) is 3.65. The molecule has 0 radical (unpaired) electrons. The first-order valence-corrected chi connectivity index (χ1v) is 5.13. The van der Waals surface area contributed by atoms with Crippen LogP contribution < -0.4 is 5.32 Å². The molecule has 76 valence electrons. The van der Waals surface area contributed by atoms with Crippen LogP contribution in [0.25, 0.3) is 10.9 Å². The van der Waals surface area contributed by atoms with Crippen molar-refractivity contribution in [1.82, 2.24) is 4.98 Å². The molecule has 0 spiro atoms. The van der Waals surface area contributed by atoms with Crippen LogP contribution >= 0.6 is 0 Å². The van der Waals surface area contributed by atoms with Gasteiger partial charge in [0.15, 0.2) is 0 Å². The van der Waals surface area contributed by atoms with Crippen LogP contribution in [0.3, 0.4) is 0 Å². The molecular formula is C12H12N2O. The van der Waals surface area contributed by atoms with E-state index < -0.39 is 0 Å². The lowest BCUT2D eigenvalue weighted by Gasteiger charge is -2.09. The van der Waals surface area contributed by atoms with Crippen LogP contribution in [0, 0.1) is 0 Å². The topological polar surface area (TPSA) is 34.1 Å². The van der Waals surface area contributed by atoms with Crippen molar-refractivity contribution in [2.75, 3.05) is 18.5 Å². The number of para-hydroxylation sites is 1. The van der Waals surface area contributed by atoms with Crippen molar-refractivity contribution in [1.29, 1.82) is 0 Å². The first kappa shape index (κ1) is 8.68. The molecule has 0 atom stereocenters. The van der Waals surface area contributed by atoms with E-state index in [0.717, 1.165) is 24.2 Å². The van der Waals surface area contributed by atoms with Crippen molar-refractivity contribution in [3.63, 3.8) is 0 Å². The molecule has 3 nitrogen and oxygen atoms in total. The highest BCUT2D eigenvalue weighted by atomic mass is 16.5. The maximum atomic E-state index is 5.47. The van der Waals surface area contributed by atoms with Crippen molar-refractivity contribution in [3.8, 4) is 0 Å². The Bertz CT molecular complexity index is 496. The van der Waals surface area contributed by atoms with Crippen molar-refractivity contribution in [2.45, 2.75) is 6.61 Å². The number of rotatable bonds is 0. The molecule has 0 bridgehead atoms. The van der Waals surface area contributed by atoms with E-state index in [9.17, 15) is 0 Å². The number of hydrogen-bond donors (Lipinski definition) is 1. The molecule has 2 aromatic rings. The standard InChI is InChI=1S/C12H12N2O/c1-2-4-11-10(3-1)12-9(7-14-11)8-15-6-5-13-12/h1-4,7,13H,5-6,8H2. The van der Waals surface area contributed by atoms with Gasteiger partial charge in [0.2, 0.25) is 0 Å². The van der Waals surface area contributed by atoms with E-state index >= 15 is 0 Å². The lowest BCUT2D eigenvalue weighted by atomic mass is 10.1. The monoisotopic (exact) mass is 200 g/mol. The fourth-order valence-corrected chi connectivity index (χ4v) is 1.93. The second kappa shape index (κ2) is 3.51. The van der Waals surface area contributed by atoms with E-state index in [1.54, 1.807) is 0 Å². The highest BCUT2D eigenvalue weighted by molar-refractivity contribution is 5.92. The fraction of sp³-hybridized carbons (Fsp3) is 0.250. The zero-order chi connectivity index (χ0) is 10.1. The molecule has 0 aliphatic carbocycles.